The number of rotatable bonds is 6. The molecule has 0 atom stereocenters. The predicted molar refractivity (Wildman–Crippen MR) is 202 cm³/mol. The van der Waals surface area contributed by atoms with Crippen molar-refractivity contribution in [2.75, 3.05) is 5.12 Å². The fraction of sp³-hybridized carbons (Fsp3) is 0. The Balaban J connectivity index is 1.12. The molecule has 3 heterocycles. The number of nitrogens with zero attached hydrogens (tertiary/aromatic N) is 4. The average Bonchev–Trinajstić information content (AvgIpc) is 3.52. The lowest BCUT2D eigenvalue weighted by Gasteiger charge is -2.28. The third kappa shape index (κ3) is 5.33. The van der Waals surface area contributed by atoms with Crippen LogP contribution >= 0.6 is 0 Å². The number of para-hydroxylation sites is 1. The summed E-state index contributed by atoms with van der Waals surface area (Å²) in [7, 11) is 0. The molecule has 5 heteroatoms. The number of benzene rings is 6. The number of pyridine rings is 1. The molecular weight excluding hydrogens is 599 g/mol. The van der Waals surface area contributed by atoms with Gasteiger partial charge in [0.1, 0.15) is 0 Å². The van der Waals surface area contributed by atoms with E-state index < -0.39 is 0 Å². The Kier molecular flexibility index (Phi) is 7.06. The van der Waals surface area contributed by atoms with E-state index in [0.29, 0.717) is 0 Å². The van der Waals surface area contributed by atoms with Crippen molar-refractivity contribution in [3.63, 3.8) is 0 Å². The zero-order valence-electron chi connectivity index (χ0n) is 26.6. The highest BCUT2D eigenvalue weighted by Crippen LogP contribution is 2.36. The smallest absolute Gasteiger partial charge is 0.0949 e. The Labute approximate surface area is 284 Å². The first-order valence-electron chi connectivity index (χ1n) is 16.4. The minimum absolute atomic E-state index is 0.890. The second-order valence-electron chi connectivity index (χ2n) is 12.1. The van der Waals surface area contributed by atoms with E-state index in [2.05, 4.69) is 148 Å². The number of hydrazine groups is 1. The molecule has 1 N–H and O–H groups in total. The zero-order valence-corrected chi connectivity index (χ0v) is 26.6. The number of hydrogen-bond donors (Lipinski definition) is 1. The first-order valence-corrected chi connectivity index (χ1v) is 16.4. The topological polar surface area (TPSA) is 45.5 Å². The molecule has 49 heavy (non-hydrogen) atoms. The molecule has 0 aliphatic carbocycles. The summed E-state index contributed by atoms with van der Waals surface area (Å²) >= 11 is 0. The van der Waals surface area contributed by atoms with Crippen LogP contribution in [0.2, 0.25) is 0 Å². The number of hydrogen-bond acceptors (Lipinski definition) is 4. The molecular formula is C44H31N5. The Morgan fingerprint density at radius 3 is 1.92 bits per heavy atom. The molecule has 5 nitrogen and oxygen atoms in total. The lowest BCUT2D eigenvalue weighted by molar-refractivity contribution is 0.787. The molecule has 8 aromatic rings. The van der Waals surface area contributed by atoms with E-state index in [0.717, 1.165) is 56.2 Å². The molecule has 0 amide bonds. The lowest BCUT2D eigenvalue weighted by Crippen LogP contribution is -2.36. The van der Waals surface area contributed by atoms with Crippen LogP contribution in [-0.2, 0) is 0 Å². The van der Waals surface area contributed by atoms with E-state index in [1.54, 1.807) is 0 Å². The quantitative estimate of drug-likeness (QED) is 0.199. The predicted octanol–water partition coefficient (Wildman–Crippen LogP) is 10.3. The van der Waals surface area contributed by atoms with Gasteiger partial charge in [-0.1, -0.05) is 121 Å². The lowest BCUT2D eigenvalue weighted by atomic mass is 10.0. The maximum atomic E-state index is 5.07. The number of hydrazone groups is 1. The van der Waals surface area contributed by atoms with E-state index in [-0.39, 0.29) is 0 Å². The van der Waals surface area contributed by atoms with Crippen LogP contribution < -0.4 is 10.5 Å². The van der Waals surface area contributed by atoms with E-state index in [4.69, 9.17) is 5.10 Å². The van der Waals surface area contributed by atoms with Gasteiger partial charge in [0.2, 0.25) is 0 Å². The highest BCUT2D eigenvalue weighted by molar-refractivity contribution is 6.13. The van der Waals surface area contributed by atoms with Crippen LogP contribution in [0, 0.1) is 0 Å². The minimum Gasteiger partial charge on any atom is -0.309 e. The monoisotopic (exact) mass is 629 g/mol. The van der Waals surface area contributed by atoms with E-state index in [1.807, 2.05) is 53.8 Å². The summed E-state index contributed by atoms with van der Waals surface area (Å²) in [5, 5.41) is 9.37. The number of nitrogens with one attached hydrogen (secondary N) is 1. The summed E-state index contributed by atoms with van der Waals surface area (Å²) in [6, 6.07) is 59.3. The van der Waals surface area contributed by atoms with Crippen LogP contribution in [0.4, 0.5) is 5.69 Å². The van der Waals surface area contributed by atoms with Crippen molar-refractivity contribution in [1.29, 1.82) is 0 Å². The molecule has 232 valence electrons. The van der Waals surface area contributed by atoms with Crippen LogP contribution in [0.5, 0.6) is 0 Å². The van der Waals surface area contributed by atoms with E-state index >= 15 is 0 Å². The highest BCUT2D eigenvalue weighted by Gasteiger charge is 2.19. The van der Waals surface area contributed by atoms with Gasteiger partial charge in [-0.15, -0.1) is 0 Å². The van der Waals surface area contributed by atoms with Crippen molar-refractivity contribution in [2.45, 2.75) is 0 Å². The van der Waals surface area contributed by atoms with Gasteiger partial charge in [0.05, 0.1) is 33.8 Å². The number of aromatic nitrogens is 2. The molecule has 6 aromatic carbocycles. The van der Waals surface area contributed by atoms with E-state index in [1.165, 1.54) is 21.9 Å². The van der Waals surface area contributed by atoms with Crippen molar-refractivity contribution in [3.8, 4) is 28.1 Å². The highest BCUT2D eigenvalue weighted by atomic mass is 15.7. The largest absolute Gasteiger partial charge is 0.309 e. The molecule has 0 bridgehead atoms. The molecule has 0 unspecified atom stereocenters. The third-order valence-corrected chi connectivity index (χ3v) is 9.05. The summed E-state index contributed by atoms with van der Waals surface area (Å²) in [6.07, 6.45) is 3.95. The zero-order chi connectivity index (χ0) is 32.6. The first kappa shape index (κ1) is 28.5. The van der Waals surface area contributed by atoms with Gasteiger partial charge >= 0.3 is 0 Å². The first-order chi connectivity index (χ1) is 24.3. The molecule has 1 aliphatic heterocycles. The van der Waals surface area contributed by atoms with Gasteiger partial charge in [-0.2, -0.15) is 10.2 Å². The van der Waals surface area contributed by atoms with Gasteiger partial charge in [0, 0.05) is 33.8 Å². The van der Waals surface area contributed by atoms with E-state index in [9.17, 15) is 0 Å². The number of allylic oxidation sites excluding steroid dienone is 1. The molecule has 1 aliphatic rings. The minimum atomic E-state index is 0.890. The second-order valence-corrected chi connectivity index (χ2v) is 12.1. The summed E-state index contributed by atoms with van der Waals surface area (Å²) < 4.78 is 2.35. The summed E-state index contributed by atoms with van der Waals surface area (Å²) in [5.41, 5.74) is 16.3. The van der Waals surface area contributed by atoms with Gasteiger partial charge in [0.15, 0.2) is 0 Å². The SMILES string of the molecule is C1=C(c2ccccc2)NN(c2cccc(-n3c4ccccc4c4cc(-c5ccc(-c6ccccn6)cc5)ccc43)c2)N=C1c1ccccc1. The summed E-state index contributed by atoms with van der Waals surface area (Å²) in [4.78, 5) is 4.51. The van der Waals surface area contributed by atoms with Crippen LogP contribution in [0.3, 0.4) is 0 Å². The van der Waals surface area contributed by atoms with Crippen LogP contribution in [0.25, 0.3) is 55.6 Å². The van der Waals surface area contributed by atoms with Crippen molar-refractivity contribution >= 4 is 38.9 Å². The average molecular weight is 630 g/mol. The molecule has 0 spiro atoms. The van der Waals surface area contributed by atoms with Crippen molar-refractivity contribution < 1.29 is 0 Å². The maximum Gasteiger partial charge on any atom is 0.0949 e. The van der Waals surface area contributed by atoms with Gasteiger partial charge in [-0.25, -0.2) is 0 Å². The Bertz CT molecular complexity index is 2500. The van der Waals surface area contributed by atoms with Gasteiger partial charge in [-0.05, 0) is 71.3 Å². The molecule has 0 saturated heterocycles. The van der Waals surface area contributed by atoms with Gasteiger partial charge in [-0.3, -0.25) is 10.4 Å². The Hall–Kier alpha value is -6.72. The van der Waals surface area contributed by atoms with Crippen LogP contribution in [-0.4, -0.2) is 15.3 Å². The molecule has 2 aromatic heterocycles. The fourth-order valence-electron chi connectivity index (χ4n) is 6.64. The standard InChI is InChI=1S/C44H31N5/c1-3-12-32(13-4-1)41-30-42(33-14-5-2-6-15-33)47-49(46-41)37-17-11-16-36(29-37)48-43-20-8-7-18-38(43)39-28-35(25-26-44(39)48)31-21-23-34(24-22-31)40-19-9-10-27-45-40/h1-30,46H. The summed E-state index contributed by atoms with van der Waals surface area (Å²) in [5.74, 6) is 0. The van der Waals surface area contributed by atoms with Gasteiger partial charge < -0.3 is 4.57 Å². The molecule has 0 fully saturated rings. The van der Waals surface area contributed by atoms with Crippen LogP contribution in [0.15, 0.2) is 187 Å². The normalized spacial score (nSPS) is 12.9. The van der Waals surface area contributed by atoms with Crippen molar-refractivity contribution in [2.24, 2.45) is 5.10 Å². The third-order valence-electron chi connectivity index (χ3n) is 9.05. The molecule has 0 radical (unpaired) electrons. The maximum absolute atomic E-state index is 5.07. The van der Waals surface area contributed by atoms with Crippen molar-refractivity contribution in [1.82, 2.24) is 15.0 Å². The number of fused-ring (bicyclic) bond motifs is 3. The summed E-state index contributed by atoms with van der Waals surface area (Å²) in [6.45, 7) is 0. The fourth-order valence-corrected chi connectivity index (χ4v) is 6.64. The second kappa shape index (κ2) is 12.1. The van der Waals surface area contributed by atoms with Crippen LogP contribution in [0.1, 0.15) is 11.1 Å². The molecule has 9 rings (SSSR count). The molecule has 0 saturated carbocycles. The number of anilines is 1. The van der Waals surface area contributed by atoms with Crippen molar-refractivity contribution in [3.05, 3.63) is 193 Å². The van der Waals surface area contributed by atoms with Gasteiger partial charge in [0.25, 0.3) is 0 Å². The Morgan fingerprint density at radius 1 is 0.449 bits per heavy atom. The Morgan fingerprint density at radius 2 is 1.12 bits per heavy atom.